The molecule has 0 aliphatic heterocycles. The molecule has 4 nitrogen and oxygen atoms in total. The van der Waals surface area contributed by atoms with E-state index in [9.17, 15) is 0 Å². The summed E-state index contributed by atoms with van der Waals surface area (Å²) in [5.74, 6) is 1.15. The van der Waals surface area contributed by atoms with Crippen molar-refractivity contribution in [3.63, 3.8) is 0 Å². The smallest absolute Gasteiger partial charge is 0.334 e. The van der Waals surface area contributed by atoms with E-state index in [0.717, 1.165) is 31.3 Å². The summed E-state index contributed by atoms with van der Waals surface area (Å²) in [6, 6.07) is 1.06. The summed E-state index contributed by atoms with van der Waals surface area (Å²) in [6.45, 7) is 14.8. The van der Waals surface area contributed by atoms with Crippen molar-refractivity contribution >= 4 is 16.8 Å². The highest BCUT2D eigenvalue weighted by atomic mass is 28.4. The molecule has 0 aromatic carbocycles. The molecule has 20 heavy (non-hydrogen) atoms. The number of nitrogens with zero attached hydrogens (tertiary/aromatic N) is 2. The lowest BCUT2D eigenvalue weighted by Crippen LogP contribution is -2.39. The highest BCUT2D eigenvalue weighted by Gasteiger charge is 2.30. The summed E-state index contributed by atoms with van der Waals surface area (Å²) in [7, 11) is -3.35. The Morgan fingerprint density at radius 1 is 1.15 bits per heavy atom. The Morgan fingerprint density at radius 3 is 2.40 bits per heavy atom. The molecule has 1 rings (SSSR count). The van der Waals surface area contributed by atoms with Crippen LogP contribution in [0.1, 0.15) is 26.1 Å². The third-order valence-electron chi connectivity index (χ3n) is 3.33. The number of hydrogen-bond donors (Lipinski definition) is 0. The summed E-state index contributed by atoms with van der Waals surface area (Å²) in [5, 5.41) is 0. The van der Waals surface area contributed by atoms with Crippen LogP contribution in [0.15, 0.2) is 12.4 Å². The van der Waals surface area contributed by atoms with E-state index in [1.807, 2.05) is 13.1 Å². The first kappa shape index (κ1) is 17.6. The maximum Gasteiger partial charge on any atom is 0.334 e. The van der Waals surface area contributed by atoms with Crippen molar-refractivity contribution in [3.8, 4) is 0 Å². The van der Waals surface area contributed by atoms with E-state index in [2.05, 4.69) is 48.5 Å². The molecule has 0 aliphatic carbocycles. The molecule has 1 aromatic rings. The number of imidazole rings is 1. The topological polar surface area (TPSA) is 36.3 Å². The van der Waals surface area contributed by atoms with Gasteiger partial charge in [-0.15, -0.1) is 0 Å². The van der Waals surface area contributed by atoms with Crippen LogP contribution in [-0.2, 0) is 15.3 Å². The van der Waals surface area contributed by atoms with Crippen molar-refractivity contribution in [3.05, 3.63) is 18.2 Å². The fourth-order valence-corrected chi connectivity index (χ4v) is 6.32. The van der Waals surface area contributed by atoms with Gasteiger partial charge in [0.2, 0.25) is 0 Å². The summed E-state index contributed by atoms with van der Waals surface area (Å²) in [6.07, 6.45) is 5.99. The first-order valence-electron chi connectivity index (χ1n) is 7.63. The molecule has 116 valence electrons. The maximum atomic E-state index is 6.13. The zero-order valence-electron chi connectivity index (χ0n) is 13.9. The molecule has 6 heteroatoms. The van der Waals surface area contributed by atoms with Gasteiger partial charge < -0.3 is 13.1 Å². The normalized spacial score (nSPS) is 15.3. The van der Waals surface area contributed by atoms with E-state index in [1.54, 1.807) is 0 Å². The minimum Gasteiger partial charge on any atom is -0.395 e. The second-order valence-electron chi connectivity index (χ2n) is 6.30. The number of rotatable bonds is 9. The summed E-state index contributed by atoms with van der Waals surface area (Å²) >= 11 is 0. The first-order valence-corrected chi connectivity index (χ1v) is 13.6. The Hall–Kier alpha value is -0.436. The van der Waals surface area contributed by atoms with Crippen LogP contribution < -0.4 is 0 Å². The van der Waals surface area contributed by atoms with Crippen LogP contribution in [0.4, 0.5) is 0 Å². The highest BCUT2D eigenvalue weighted by molar-refractivity contribution is 6.74. The molecule has 0 aliphatic rings. The average molecular weight is 315 g/mol. The van der Waals surface area contributed by atoms with Crippen molar-refractivity contribution in [2.24, 2.45) is 0 Å². The maximum absolute atomic E-state index is 6.13. The molecule has 0 amide bonds. The number of hydrogen-bond acceptors (Lipinski definition) is 3. The Bertz CT molecular complexity index is 396. The zero-order chi connectivity index (χ0) is 15.2. The van der Waals surface area contributed by atoms with Crippen LogP contribution in [-0.4, -0.2) is 39.2 Å². The van der Waals surface area contributed by atoms with Crippen LogP contribution >= 0.6 is 0 Å². The Morgan fingerprint density at radius 2 is 1.85 bits per heavy atom. The quantitative estimate of drug-likeness (QED) is 0.653. The SMILES string of the molecule is CCC[Si](C)(OCC)OCCc1nccn1[Si](C)(C)C. The van der Waals surface area contributed by atoms with Gasteiger partial charge in [0.15, 0.2) is 8.24 Å². The van der Waals surface area contributed by atoms with Crippen molar-refractivity contribution in [1.82, 2.24) is 9.22 Å². The standard InChI is InChI=1S/C14H30N2O2Si2/c1-7-13-20(6,17-8-2)18-12-9-14-15-10-11-16(14)19(3,4)5/h10-11H,7-9,12-13H2,1-6H3. The van der Waals surface area contributed by atoms with Crippen LogP contribution in [0.3, 0.4) is 0 Å². The lowest BCUT2D eigenvalue weighted by atomic mass is 10.4. The molecule has 0 radical (unpaired) electrons. The van der Waals surface area contributed by atoms with E-state index in [-0.39, 0.29) is 0 Å². The molecule has 1 atom stereocenters. The van der Waals surface area contributed by atoms with Crippen molar-refractivity contribution in [1.29, 1.82) is 0 Å². The largest absolute Gasteiger partial charge is 0.395 e. The van der Waals surface area contributed by atoms with Crippen molar-refractivity contribution in [2.75, 3.05) is 13.2 Å². The van der Waals surface area contributed by atoms with E-state index in [1.165, 1.54) is 0 Å². The minimum atomic E-state index is -1.97. The van der Waals surface area contributed by atoms with E-state index >= 15 is 0 Å². The van der Waals surface area contributed by atoms with Crippen molar-refractivity contribution in [2.45, 2.75) is 58.9 Å². The first-order chi connectivity index (χ1) is 9.32. The molecule has 1 unspecified atom stereocenters. The Kier molecular flexibility index (Phi) is 6.64. The van der Waals surface area contributed by atoms with Crippen LogP contribution in [0.5, 0.6) is 0 Å². The van der Waals surface area contributed by atoms with Gasteiger partial charge in [-0.2, -0.15) is 0 Å². The third kappa shape index (κ3) is 5.16. The lowest BCUT2D eigenvalue weighted by Gasteiger charge is -2.26. The lowest BCUT2D eigenvalue weighted by molar-refractivity contribution is 0.181. The summed E-state index contributed by atoms with van der Waals surface area (Å²) < 4.78 is 14.4. The second-order valence-corrected chi connectivity index (χ2v) is 14.5. The van der Waals surface area contributed by atoms with Gasteiger partial charge in [0.1, 0.15) is 5.82 Å². The molecular formula is C14H30N2O2Si2. The van der Waals surface area contributed by atoms with E-state index < -0.39 is 16.8 Å². The van der Waals surface area contributed by atoms with Crippen LogP contribution in [0, 0.1) is 0 Å². The van der Waals surface area contributed by atoms with Gasteiger partial charge in [0.25, 0.3) is 0 Å². The third-order valence-corrected chi connectivity index (χ3v) is 8.30. The predicted octanol–water partition coefficient (Wildman–Crippen LogP) is 3.64. The molecule has 0 saturated heterocycles. The molecule has 0 bridgehead atoms. The molecule has 1 heterocycles. The minimum absolute atomic E-state index is 0.713. The van der Waals surface area contributed by atoms with Gasteiger partial charge in [0, 0.05) is 32.0 Å². The van der Waals surface area contributed by atoms with Gasteiger partial charge in [0.05, 0.1) is 0 Å². The van der Waals surface area contributed by atoms with Gasteiger partial charge in [-0.05, 0) is 19.5 Å². The molecule has 0 saturated carbocycles. The Balaban J connectivity index is 2.57. The van der Waals surface area contributed by atoms with Crippen molar-refractivity contribution < 1.29 is 8.85 Å². The number of aromatic nitrogens is 2. The molecule has 0 fully saturated rings. The van der Waals surface area contributed by atoms with Gasteiger partial charge >= 0.3 is 8.56 Å². The van der Waals surface area contributed by atoms with Crippen LogP contribution in [0.2, 0.25) is 32.2 Å². The zero-order valence-corrected chi connectivity index (χ0v) is 15.9. The fraction of sp³-hybridized carbons (Fsp3) is 0.786. The molecule has 0 N–H and O–H groups in total. The molecule has 0 spiro atoms. The molecule has 1 aromatic heterocycles. The van der Waals surface area contributed by atoms with E-state index in [4.69, 9.17) is 8.85 Å². The van der Waals surface area contributed by atoms with Gasteiger partial charge in [-0.3, -0.25) is 0 Å². The fourth-order valence-electron chi connectivity index (χ4n) is 2.43. The van der Waals surface area contributed by atoms with E-state index in [0.29, 0.717) is 6.61 Å². The average Bonchev–Trinajstić information content (AvgIpc) is 2.77. The van der Waals surface area contributed by atoms with Crippen LogP contribution in [0.25, 0.3) is 0 Å². The summed E-state index contributed by atoms with van der Waals surface area (Å²) in [4.78, 5) is 4.49. The monoisotopic (exact) mass is 314 g/mol. The second kappa shape index (κ2) is 7.54. The van der Waals surface area contributed by atoms with Gasteiger partial charge in [-0.1, -0.05) is 33.0 Å². The predicted molar refractivity (Wildman–Crippen MR) is 89.0 cm³/mol. The summed E-state index contributed by atoms with van der Waals surface area (Å²) in [5.41, 5.74) is 0. The highest BCUT2D eigenvalue weighted by Crippen LogP contribution is 2.17. The van der Waals surface area contributed by atoms with Gasteiger partial charge in [-0.25, -0.2) is 4.98 Å². The Labute approximate surface area is 125 Å². The molecular weight excluding hydrogens is 284 g/mol.